The highest BCUT2D eigenvalue weighted by Gasteiger charge is 2.17. The van der Waals surface area contributed by atoms with Crippen LogP contribution < -0.4 is 4.90 Å². The smallest absolute Gasteiger partial charge is 0.143 e. The molecule has 0 aliphatic rings. The minimum Gasteiger partial charge on any atom is -0.455 e. The molecule has 0 saturated heterocycles. The second-order valence-corrected chi connectivity index (χ2v) is 12.7. The molecule has 1 aromatic heterocycles. The number of hydrogen-bond acceptors (Lipinski definition) is 2. The van der Waals surface area contributed by atoms with Gasteiger partial charge in [-0.25, -0.2) is 0 Å². The van der Waals surface area contributed by atoms with E-state index in [4.69, 9.17) is 4.42 Å². The van der Waals surface area contributed by atoms with Crippen LogP contribution in [0.2, 0.25) is 0 Å². The van der Waals surface area contributed by atoms with Gasteiger partial charge >= 0.3 is 0 Å². The Morgan fingerprint density at radius 3 is 1.48 bits per heavy atom. The number of furan rings is 1. The van der Waals surface area contributed by atoms with Crippen molar-refractivity contribution in [3.63, 3.8) is 0 Å². The fourth-order valence-corrected chi connectivity index (χ4v) is 7.15. The third kappa shape index (κ3) is 5.12. The third-order valence-corrected chi connectivity index (χ3v) is 9.61. The highest BCUT2D eigenvalue weighted by molar-refractivity contribution is 6.09. The quantitative estimate of drug-likeness (QED) is 0.175. The van der Waals surface area contributed by atoms with E-state index in [-0.39, 0.29) is 46.7 Å². The summed E-state index contributed by atoms with van der Waals surface area (Å²) in [6, 6.07) is 44.1. The summed E-state index contributed by atoms with van der Waals surface area (Å²) in [5.41, 5.74) is 3.98. The van der Waals surface area contributed by atoms with Crippen LogP contribution in [-0.2, 0) is 0 Å². The summed E-state index contributed by atoms with van der Waals surface area (Å²) in [7, 11) is 0. The van der Waals surface area contributed by atoms with E-state index in [1.54, 1.807) is 30.3 Å². The Kier molecular flexibility index (Phi) is 5.45. The Bertz CT molecular complexity index is 3180. The zero-order valence-electron chi connectivity index (χ0n) is 35.8. The lowest BCUT2D eigenvalue weighted by atomic mass is 9.97. The number of anilines is 3. The second-order valence-electron chi connectivity index (χ2n) is 12.7. The van der Waals surface area contributed by atoms with Gasteiger partial charge in [0, 0.05) is 33.4 Å². The maximum atomic E-state index is 9.60. The average molecular weight is 672 g/mol. The number of fused-ring (bicyclic) bond motifs is 5. The minimum atomic E-state index is -0.404. The molecule has 0 N–H and O–H groups in total. The van der Waals surface area contributed by atoms with E-state index in [1.807, 2.05) is 121 Å². The van der Waals surface area contributed by atoms with E-state index >= 15 is 0 Å². The predicted octanol–water partition coefficient (Wildman–Crippen LogP) is 14.4. The lowest BCUT2D eigenvalue weighted by Gasteiger charge is -2.26. The molecule has 0 aliphatic carbocycles. The summed E-state index contributed by atoms with van der Waals surface area (Å²) in [6.45, 7) is 0. The van der Waals surface area contributed by atoms with Crippen molar-refractivity contribution in [2.45, 2.75) is 0 Å². The number of hydrogen-bond donors (Lipinski definition) is 0. The van der Waals surface area contributed by atoms with Crippen LogP contribution in [0.4, 0.5) is 17.1 Å². The number of benzene rings is 9. The van der Waals surface area contributed by atoms with Crippen molar-refractivity contribution in [1.82, 2.24) is 0 Å². The second kappa shape index (κ2) is 12.5. The molecule has 52 heavy (non-hydrogen) atoms. The van der Waals surface area contributed by atoms with E-state index in [0.717, 1.165) is 43.5 Å². The Hall–Kier alpha value is -6.90. The van der Waals surface area contributed by atoms with Crippen molar-refractivity contribution < 1.29 is 15.4 Å². The van der Waals surface area contributed by atoms with Gasteiger partial charge in [-0.3, -0.25) is 0 Å². The van der Waals surface area contributed by atoms with Gasteiger partial charge in [-0.15, -0.1) is 0 Å². The van der Waals surface area contributed by atoms with Crippen LogP contribution in [0.1, 0.15) is 11.0 Å². The number of rotatable bonds is 6. The molecule has 0 bridgehead atoms. The molecular formula is C50H33NO. The molecule has 0 aliphatic heterocycles. The van der Waals surface area contributed by atoms with Crippen LogP contribution in [0.5, 0.6) is 0 Å². The van der Waals surface area contributed by atoms with Gasteiger partial charge < -0.3 is 9.32 Å². The maximum absolute atomic E-state index is 9.60. The van der Waals surface area contributed by atoms with Crippen LogP contribution in [0.25, 0.3) is 76.9 Å². The van der Waals surface area contributed by atoms with E-state index in [2.05, 4.69) is 0 Å². The molecule has 0 amide bonds. The molecule has 10 aromatic rings. The molecular weight excluding hydrogens is 631 g/mol. The van der Waals surface area contributed by atoms with Crippen molar-refractivity contribution in [3.05, 3.63) is 200 Å². The fourth-order valence-electron chi connectivity index (χ4n) is 7.15. The van der Waals surface area contributed by atoms with Crippen molar-refractivity contribution in [2.75, 3.05) is 4.90 Å². The first kappa shape index (κ1) is 22.7. The van der Waals surface area contributed by atoms with Gasteiger partial charge in [0.05, 0.1) is 11.0 Å². The fraction of sp³-hybridized carbons (Fsp3) is 0. The van der Waals surface area contributed by atoms with Crippen LogP contribution >= 0.6 is 0 Å². The average Bonchev–Trinajstić information content (AvgIpc) is 3.67. The lowest BCUT2D eigenvalue weighted by molar-refractivity contribution is 0.670. The van der Waals surface area contributed by atoms with Gasteiger partial charge in [0.15, 0.2) is 0 Å². The molecule has 0 unspecified atom stereocenters. The lowest BCUT2D eigenvalue weighted by Crippen LogP contribution is -2.10. The van der Waals surface area contributed by atoms with Crippen molar-refractivity contribution in [1.29, 1.82) is 0 Å². The van der Waals surface area contributed by atoms with Gasteiger partial charge in [-0.05, 0) is 91.7 Å². The Morgan fingerprint density at radius 1 is 0.365 bits per heavy atom. The van der Waals surface area contributed by atoms with E-state index in [0.29, 0.717) is 28.0 Å². The Morgan fingerprint density at radius 2 is 0.846 bits per heavy atom. The first-order chi connectivity index (χ1) is 29.1. The van der Waals surface area contributed by atoms with Gasteiger partial charge in [-0.2, -0.15) is 0 Å². The highest BCUT2D eigenvalue weighted by atomic mass is 16.3. The molecule has 10 rings (SSSR count). The van der Waals surface area contributed by atoms with Crippen LogP contribution in [0.3, 0.4) is 0 Å². The summed E-state index contributed by atoms with van der Waals surface area (Å²) in [4.78, 5) is 1.35. The number of nitrogens with zero attached hydrogens (tertiary/aromatic N) is 1. The third-order valence-electron chi connectivity index (χ3n) is 9.61. The summed E-state index contributed by atoms with van der Waals surface area (Å²) in [5, 5.41) is 5.16. The van der Waals surface area contributed by atoms with E-state index < -0.39 is 24.2 Å². The van der Waals surface area contributed by atoms with Crippen molar-refractivity contribution >= 4 is 60.5 Å². The van der Waals surface area contributed by atoms with Gasteiger partial charge in [0.1, 0.15) is 11.2 Å². The van der Waals surface area contributed by atoms with E-state index in [1.165, 1.54) is 4.90 Å². The summed E-state index contributed by atoms with van der Waals surface area (Å²) in [5.74, 6) is 0. The zero-order valence-corrected chi connectivity index (χ0v) is 27.8. The largest absolute Gasteiger partial charge is 0.455 e. The molecule has 2 nitrogen and oxygen atoms in total. The SMILES string of the molecule is [2H]c1c([2H])c(N(c2cccc(-c3cccc4c3oc3ccccc34)c2)c2c([2H])c([2H])c(-c3cccc4ccccc34)c([2H])c2[2H])c([2H])c([2H])c1-c1cccc2ccccc12. The van der Waals surface area contributed by atoms with Crippen LogP contribution in [-0.4, -0.2) is 0 Å². The Balaban J connectivity index is 1.25. The first-order valence-electron chi connectivity index (χ1n) is 21.1. The molecule has 0 fully saturated rings. The highest BCUT2D eigenvalue weighted by Crippen LogP contribution is 2.41. The number of para-hydroxylation sites is 2. The standard InChI is InChI=1S/C50H33NO/c1-3-17-42-34(11-1)13-8-20-44(42)36-25-29-39(30-26-36)51(40-31-27-37(28-32-40)45-21-9-14-35-12-2-4-18-43(35)45)41-16-7-15-38(33-41)46-22-10-23-48-47-19-5-6-24-49(47)52-50(46)48/h1-33H/i25D,26D,27D,28D,29D,30D,31D,32D. The van der Waals surface area contributed by atoms with Crippen molar-refractivity contribution in [2.24, 2.45) is 0 Å². The van der Waals surface area contributed by atoms with Gasteiger partial charge in [0.2, 0.25) is 0 Å². The molecule has 1 heterocycles. The topological polar surface area (TPSA) is 16.4 Å². The first-order valence-corrected chi connectivity index (χ1v) is 17.1. The van der Waals surface area contributed by atoms with Crippen molar-refractivity contribution in [3.8, 4) is 33.4 Å². The van der Waals surface area contributed by atoms with E-state index in [9.17, 15) is 11.0 Å². The summed E-state index contributed by atoms with van der Waals surface area (Å²) < 4.78 is 82.6. The molecule has 0 atom stereocenters. The Labute approximate surface area is 313 Å². The monoisotopic (exact) mass is 671 g/mol. The summed E-state index contributed by atoms with van der Waals surface area (Å²) >= 11 is 0. The van der Waals surface area contributed by atoms with Gasteiger partial charge in [-0.1, -0.05) is 158 Å². The molecule has 0 saturated carbocycles. The van der Waals surface area contributed by atoms with Crippen LogP contribution in [0.15, 0.2) is 204 Å². The molecule has 9 aromatic carbocycles. The molecule has 2 heteroatoms. The maximum Gasteiger partial charge on any atom is 0.143 e. The van der Waals surface area contributed by atoms with Crippen LogP contribution in [0, 0.1) is 0 Å². The minimum absolute atomic E-state index is 0.113. The molecule has 244 valence electrons. The summed E-state index contributed by atoms with van der Waals surface area (Å²) in [6.07, 6.45) is 0. The predicted molar refractivity (Wildman–Crippen MR) is 220 cm³/mol. The molecule has 0 spiro atoms. The van der Waals surface area contributed by atoms with Gasteiger partial charge in [0.25, 0.3) is 0 Å². The normalized spacial score (nSPS) is 13.6. The zero-order chi connectivity index (χ0) is 41.4. The molecule has 0 radical (unpaired) electrons.